The van der Waals surface area contributed by atoms with Crippen LogP contribution in [0, 0.1) is 5.92 Å². The van der Waals surface area contributed by atoms with E-state index in [0.717, 1.165) is 49.8 Å². The summed E-state index contributed by atoms with van der Waals surface area (Å²) >= 11 is 0. The third-order valence-electron chi connectivity index (χ3n) is 4.90. The minimum Gasteiger partial charge on any atom is -0.357 e. The molecule has 1 saturated heterocycles. The first-order chi connectivity index (χ1) is 12.6. The number of rotatable bonds is 7. The van der Waals surface area contributed by atoms with Crippen molar-refractivity contribution in [3.05, 3.63) is 29.8 Å². The van der Waals surface area contributed by atoms with Gasteiger partial charge in [0.1, 0.15) is 0 Å². The molecule has 2 aliphatic rings. The summed E-state index contributed by atoms with van der Waals surface area (Å²) in [6.07, 6.45) is 5.63. The molecule has 1 saturated carbocycles. The first-order valence-corrected chi connectivity index (χ1v) is 11.1. The first kappa shape index (κ1) is 22.4. The number of benzene rings is 1. The second-order valence-electron chi connectivity index (χ2n) is 7.13. The maximum atomic E-state index is 12.7. The van der Waals surface area contributed by atoms with Gasteiger partial charge in [-0.3, -0.25) is 0 Å². The van der Waals surface area contributed by atoms with Crippen LogP contribution < -0.4 is 10.6 Å². The zero-order valence-corrected chi connectivity index (χ0v) is 19.1. The zero-order valence-electron chi connectivity index (χ0n) is 16.0. The van der Waals surface area contributed by atoms with Gasteiger partial charge in [-0.1, -0.05) is 18.6 Å². The molecule has 2 N–H and O–H groups in total. The van der Waals surface area contributed by atoms with E-state index in [-0.39, 0.29) is 24.0 Å². The summed E-state index contributed by atoms with van der Waals surface area (Å²) in [6, 6.07) is 7.15. The van der Waals surface area contributed by atoms with Gasteiger partial charge in [-0.2, -0.15) is 4.31 Å². The fourth-order valence-corrected chi connectivity index (χ4v) is 4.61. The molecule has 0 bridgehead atoms. The Kier molecular flexibility index (Phi) is 8.81. The number of piperidine rings is 1. The smallest absolute Gasteiger partial charge is 0.243 e. The molecule has 152 valence electrons. The lowest BCUT2D eigenvalue weighted by Gasteiger charge is -2.25. The Morgan fingerprint density at radius 1 is 1.11 bits per heavy atom. The second kappa shape index (κ2) is 10.6. The first-order valence-electron chi connectivity index (χ1n) is 9.71. The van der Waals surface area contributed by atoms with Gasteiger partial charge in [-0.15, -0.1) is 24.0 Å². The van der Waals surface area contributed by atoms with Crippen molar-refractivity contribution < 1.29 is 8.42 Å². The van der Waals surface area contributed by atoms with Gasteiger partial charge in [-0.25, -0.2) is 13.4 Å². The highest BCUT2D eigenvalue weighted by molar-refractivity contribution is 14.0. The topological polar surface area (TPSA) is 73.8 Å². The van der Waals surface area contributed by atoms with Crippen LogP contribution in [0.3, 0.4) is 0 Å². The van der Waals surface area contributed by atoms with Crippen molar-refractivity contribution in [2.45, 2.75) is 50.5 Å². The molecule has 1 aromatic carbocycles. The van der Waals surface area contributed by atoms with Crippen molar-refractivity contribution in [3.63, 3.8) is 0 Å². The quantitative estimate of drug-likeness (QED) is 0.339. The monoisotopic (exact) mass is 506 g/mol. The third-order valence-corrected chi connectivity index (χ3v) is 6.81. The van der Waals surface area contributed by atoms with Gasteiger partial charge in [0.25, 0.3) is 0 Å². The Labute approximate surface area is 180 Å². The Hall–Kier alpha value is -0.870. The Morgan fingerprint density at radius 2 is 1.78 bits per heavy atom. The molecule has 0 amide bonds. The Balaban J connectivity index is 0.00000261. The lowest BCUT2D eigenvalue weighted by Crippen LogP contribution is -2.38. The molecule has 8 heteroatoms. The molecular weight excluding hydrogens is 475 g/mol. The third kappa shape index (κ3) is 6.60. The maximum absolute atomic E-state index is 12.7. The van der Waals surface area contributed by atoms with Gasteiger partial charge >= 0.3 is 0 Å². The van der Waals surface area contributed by atoms with Gasteiger partial charge in [0.2, 0.25) is 10.0 Å². The van der Waals surface area contributed by atoms with Crippen LogP contribution >= 0.6 is 24.0 Å². The number of hydrogen-bond acceptors (Lipinski definition) is 3. The molecule has 0 atom stereocenters. The summed E-state index contributed by atoms with van der Waals surface area (Å²) in [6.45, 7) is 5.64. The number of halogens is 1. The number of nitrogens with zero attached hydrogens (tertiary/aromatic N) is 2. The van der Waals surface area contributed by atoms with Crippen molar-refractivity contribution in [3.8, 4) is 0 Å². The average Bonchev–Trinajstić information content (AvgIpc) is 3.49. The molecule has 1 aromatic rings. The Bertz CT molecular complexity index is 712. The molecule has 1 aliphatic carbocycles. The van der Waals surface area contributed by atoms with Gasteiger partial charge in [0.15, 0.2) is 5.96 Å². The number of sulfonamides is 1. The lowest BCUT2D eigenvalue weighted by atomic mass is 10.2. The maximum Gasteiger partial charge on any atom is 0.243 e. The van der Waals surface area contributed by atoms with Crippen LogP contribution in [0.15, 0.2) is 34.2 Å². The van der Waals surface area contributed by atoms with Gasteiger partial charge in [-0.05, 0) is 56.2 Å². The minimum absolute atomic E-state index is 0. The van der Waals surface area contributed by atoms with Crippen molar-refractivity contribution in [2.75, 3.05) is 26.2 Å². The molecule has 1 aliphatic heterocycles. The highest BCUT2D eigenvalue weighted by Gasteiger charge is 2.25. The molecule has 6 nitrogen and oxygen atoms in total. The van der Waals surface area contributed by atoms with E-state index in [4.69, 9.17) is 0 Å². The van der Waals surface area contributed by atoms with Crippen LogP contribution in [0.2, 0.25) is 0 Å². The van der Waals surface area contributed by atoms with Crippen LogP contribution in [0.5, 0.6) is 0 Å². The normalized spacial score (nSPS) is 18.6. The van der Waals surface area contributed by atoms with E-state index >= 15 is 0 Å². The SMILES string of the molecule is CCNC(=NCc1ccc(S(=O)(=O)N2CCCCC2)cc1)NCC1CC1.I. The highest BCUT2D eigenvalue weighted by Crippen LogP contribution is 2.27. The van der Waals surface area contributed by atoms with E-state index in [1.807, 2.05) is 12.1 Å². The molecule has 2 fully saturated rings. The fraction of sp³-hybridized carbons (Fsp3) is 0.632. The van der Waals surface area contributed by atoms with E-state index in [9.17, 15) is 8.42 Å². The molecule has 0 aromatic heterocycles. The molecule has 27 heavy (non-hydrogen) atoms. The molecule has 0 radical (unpaired) electrons. The summed E-state index contributed by atoms with van der Waals surface area (Å²) < 4.78 is 27.0. The van der Waals surface area contributed by atoms with Crippen LogP contribution in [-0.2, 0) is 16.6 Å². The molecule has 1 heterocycles. The summed E-state index contributed by atoms with van der Waals surface area (Å²) in [7, 11) is -3.36. The number of hydrogen-bond donors (Lipinski definition) is 2. The highest BCUT2D eigenvalue weighted by atomic mass is 127. The second-order valence-corrected chi connectivity index (χ2v) is 9.07. The molecule has 3 rings (SSSR count). The Morgan fingerprint density at radius 3 is 2.37 bits per heavy atom. The zero-order chi connectivity index (χ0) is 18.4. The number of guanidine groups is 1. The summed E-state index contributed by atoms with van der Waals surface area (Å²) in [5.41, 5.74) is 1.01. The predicted molar refractivity (Wildman–Crippen MR) is 120 cm³/mol. The molecule has 0 unspecified atom stereocenters. The van der Waals surface area contributed by atoms with Gasteiger partial charge < -0.3 is 10.6 Å². The standard InChI is InChI=1S/C19H30N4O2S.HI/c1-2-20-19(21-14-16-6-7-16)22-15-17-8-10-18(11-9-17)26(24,25)23-12-4-3-5-13-23;/h8-11,16H,2-7,12-15H2,1H3,(H2,20,21,22);1H. The van der Waals surface area contributed by atoms with E-state index in [2.05, 4.69) is 22.5 Å². The lowest BCUT2D eigenvalue weighted by molar-refractivity contribution is 0.346. The molecular formula is C19H31IN4O2S. The molecule has 0 spiro atoms. The largest absolute Gasteiger partial charge is 0.357 e. The van der Waals surface area contributed by atoms with Crippen molar-refractivity contribution >= 4 is 40.0 Å². The average molecular weight is 506 g/mol. The fourth-order valence-electron chi connectivity index (χ4n) is 3.10. The van der Waals surface area contributed by atoms with Crippen LogP contribution in [0.1, 0.15) is 44.6 Å². The van der Waals surface area contributed by atoms with Crippen molar-refractivity contribution in [2.24, 2.45) is 10.9 Å². The van der Waals surface area contributed by atoms with Crippen LogP contribution in [0.25, 0.3) is 0 Å². The van der Waals surface area contributed by atoms with E-state index in [0.29, 0.717) is 24.5 Å². The summed E-state index contributed by atoms with van der Waals surface area (Å²) in [4.78, 5) is 4.98. The van der Waals surface area contributed by atoms with Crippen LogP contribution in [0.4, 0.5) is 0 Å². The van der Waals surface area contributed by atoms with E-state index in [1.165, 1.54) is 12.8 Å². The van der Waals surface area contributed by atoms with Crippen molar-refractivity contribution in [1.82, 2.24) is 14.9 Å². The van der Waals surface area contributed by atoms with E-state index in [1.54, 1.807) is 16.4 Å². The van der Waals surface area contributed by atoms with Gasteiger partial charge in [0.05, 0.1) is 11.4 Å². The minimum atomic E-state index is -3.36. The summed E-state index contributed by atoms with van der Waals surface area (Å²) in [5, 5.41) is 6.62. The van der Waals surface area contributed by atoms with E-state index < -0.39 is 10.0 Å². The number of nitrogens with one attached hydrogen (secondary N) is 2. The number of aliphatic imine (C=N–C) groups is 1. The van der Waals surface area contributed by atoms with Gasteiger partial charge in [0, 0.05) is 26.2 Å². The summed E-state index contributed by atoms with van der Waals surface area (Å²) in [5.74, 6) is 1.61. The predicted octanol–water partition coefficient (Wildman–Crippen LogP) is 2.94. The van der Waals surface area contributed by atoms with Crippen molar-refractivity contribution in [1.29, 1.82) is 0 Å². The van der Waals surface area contributed by atoms with Crippen LogP contribution in [-0.4, -0.2) is 44.9 Å².